The fourth-order valence-corrected chi connectivity index (χ4v) is 5.24. The van der Waals surface area contributed by atoms with Gasteiger partial charge in [0.25, 0.3) is 0 Å². The topological polar surface area (TPSA) is 111 Å². The summed E-state index contributed by atoms with van der Waals surface area (Å²) >= 11 is 2.70. The third kappa shape index (κ3) is 3.69. The highest BCUT2D eigenvalue weighted by atomic mass is 32.2. The van der Waals surface area contributed by atoms with Crippen molar-refractivity contribution in [1.82, 2.24) is 15.0 Å². The quantitative estimate of drug-likeness (QED) is 0.515. The van der Waals surface area contributed by atoms with E-state index in [-0.39, 0.29) is 4.21 Å². The molecule has 0 saturated carbocycles. The molecule has 0 radical (unpaired) electrons. The highest BCUT2D eigenvalue weighted by molar-refractivity contribution is 7.91. The zero-order valence-corrected chi connectivity index (χ0v) is 16.7. The van der Waals surface area contributed by atoms with E-state index in [0.29, 0.717) is 23.9 Å². The summed E-state index contributed by atoms with van der Waals surface area (Å²) < 4.78 is 23.0. The highest BCUT2D eigenvalue weighted by Gasteiger charge is 2.15. The maximum atomic E-state index is 11.4. The van der Waals surface area contributed by atoms with Crippen molar-refractivity contribution in [2.45, 2.75) is 17.7 Å². The van der Waals surface area contributed by atoms with Crippen LogP contribution in [0.5, 0.6) is 0 Å². The van der Waals surface area contributed by atoms with Crippen LogP contribution in [0.25, 0.3) is 21.7 Å². The van der Waals surface area contributed by atoms with Gasteiger partial charge in [0.15, 0.2) is 5.82 Å². The molecule has 27 heavy (non-hydrogen) atoms. The molecule has 0 fully saturated rings. The molecule has 138 valence electrons. The van der Waals surface area contributed by atoms with Crippen LogP contribution in [0.15, 0.2) is 46.1 Å². The van der Waals surface area contributed by atoms with Crippen molar-refractivity contribution in [1.29, 1.82) is 0 Å². The lowest BCUT2D eigenvalue weighted by Crippen LogP contribution is -2.09. The summed E-state index contributed by atoms with van der Waals surface area (Å²) in [6, 6.07) is 8.86. The molecule has 4 aromatic rings. The van der Waals surface area contributed by atoms with Gasteiger partial charge in [0.1, 0.15) is 20.6 Å². The van der Waals surface area contributed by atoms with Crippen molar-refractivity contribution in [3.8, 4) is 11.5 Å². The largest absolute Gasteiger partial charge is 0.365 e. The number of fused-ring (bicyclic) bond motifs is 1. The van der Waals surface area contributed by atoms with Gasteiger partial charge in [-0.3, -0.25) is 4.98 Å². The molecule has 4 rings (SSSR count). The van der Waals surface area contributed by atoms with Gasteiger partial charge in [-0.1, -0.05) is 6.07 Å². The van der Waals surface area contributed by atoms with E-state index in [1.807, 2.05) is 30.5 Å². The number of anilines is 1. The second-order valence-corrected chi connectivity index (χ2v) is 9.64. The molecule has 3 N–H and O–H groups in total. The molecular weight excluding hydrogens is 402 g/mol. The van der Waals surface area contributed by atoms with Crippen LogP contribution < -0.4 is 10.5 Å². The lowest BCUT2D eigenvalue weighted by molar-refractivity contribution is 0.600. The van der Waals surface area contributed by atoms with Gasteiger partial charge in [0.2, 0.25) is 10.0 Å². The van der Waals surface area contributed by atoms with Crippen molar-refractivity contribution in [3.63, 3.8) is 0 Å². The fourth-order valence-electron chi connectivity index (χ4n) is 2.60. The van der Waals surface area contributed by atoms with Crippen LogP contribution in [0, 0.1) is 6.92 Å². The number of aryl methyl sites for hydroxylation is 1. The Kier molecular flexibility index (Phi) is 4.64. The molecule has 4 aromatic heterocycles. The van der Waals surface area contributed by atoms with E-state index in [4.69, 9.17) is 5.14 Å². The summed E-state index contributed by atoms with van der Waals surface area (Å²) in [6.45, 7) is 2.45. The van der Waals surface area contributed by atoms with E-state index >= 15 is 0 Å². The van der Waals surface area contributed by atoms with Crippen LogP contribution in [-0.4, -0.2) is 23.4 Å². The summed E-state index contributed by atoms with van der Waals surface area (Å²) in [6.07, 6.45) is 1.70. The van der Waals surface area contributed by atoms with Gasteiger partial charge >= 0.3 is 0 Å². The van der Waals surface area contributed by atoms with E-state index in [0.717, 1.165) is 32.0 Å². The van der Waals surface area contributed by atoms with Gasteiger partial charge in [0, 0.05) is 11.1 Å². The first kappa shape index (κ1) is 18.0. The minimum absolute atomic E-state index is 0.146. The average Bonchev–Trinajstić information content (AvgIpc) is 3.27. The molecule has 0 bridgehead atoms. The molecule has 0 saturated heterocycles. The number of nitrogens with zero attached hydrogens (tertiary/aromatic N) is 3. The van der Waals surface area contributed by atoms with Crippen LogP contribution in [0.4, 0.5) is 5.82 Å². The van der Waals surface area contributed by atoms with E-state index in [2.05, 4.69) is 20.3 Å². The molecule has 0 aliphatic rings. The number of nitrogens with one attached hydrogen (secondary N) is 1. The summed E-state index contributed by atoms with van der Waals surface area (Å²) in [5, 5.41) is 11.5. The average molecular weight is 418 g/mol. The molecule has 10 heteroatoms. The Morgan fingerprint density at radius 1 is 1.19 bits per heavy atom. The Hall–Kier alpha value is -2.40. The maximum Gasteiger partial charge on any atom is 0.247 e. The number of pyridine rings is 1. The summed E-state index contributed by atoms with van der Waals surface area (Å²) in [5.41, 5.74) is 1.78. The van der Waals surface area contributed by atoms with Crippen molar-refractivity contribution in [3.05, 3.63) is 52.3 Å². The second kappa shape index (κ2) is 6.97. The highest BCUT2D eigenvalue weighted by Crippen LogP contribution is 2.32. The summed E-state index contributed by atoms with van der Waals surface area (Å²) in [7, 11) is -3.68. The van der Waals surface area contributed by atoms with E-state index < -0.39 is 10.0 Å². The van der Waals surface area contributed by atoms with Gasteiger partial charge in [-0.25, -0.2) is 23.5 Å². The Balaban J connectivity index is 1.70. The number of nitrogens with two attached hydrogens (primary N) is 1. The molecule has 0 amide bonds. The number of aromatic nitrogens is 3. The Morgan fingerprint density at radius 2 is 2.04 bits per heavy atom. The molecule has 0 aromatic carbocycles. The molecule has 7 nitrogen and oxygen atoms in total. The minimum Gasteiger partial charge on any atom is -0.365 e. The first-order chi connectivity index (χ1) is 12.9. The molecule has 0 atom stereocenters. The van der Waals surface area contributed by atoms with Crippen molar-refractivity contribution < 1.29 is 8.42 Å². The van der Waals surface area contributed by atoms with Crippen LogP contribution >= 0.6 is 22.7 Å². The van der Waals surface area contributed by atoms with Crippen LogP contribution in [0.1, 0.15) is 10.4 Å². The molecule has 0 spiro atoms. The van der Waals surface area contributed by atoms with Gasteiger partial charge in [0.05, 0.1) is 11.9 Å². The molecule has 0 unspecified atom stereocenters. The maximum absolute atomic E-state index is 11.4. The monoisotopic (exact) mass is 417 g/mol. The predicted molar refractivity (Wildman–Crippen MR) is 108 cm³/mol. The number of primary sulfonamides is 1. The fraction of sp³-hybridized carbons (Fsp3) is 0.118. The Bertz CT molecular complexity index is 1220. The zero-order chi connectivity index (χ0) is 19.0. The van der Waals surface area contributed by atoms with E-state index in [1.54, 1.807) is 23.6 Å². The lowest BCUT2D eigenvalue weighted by atomic mass is 10.2. The third-order valence-corrected chi connectivity index (χ3v) is 7.37. The normalized spacial score (nSPS) is 11.8. The van der Waals surface area contributed by atoms with Crippen molar-refractivity contribution in [2.24, 2.45) is 5.14 Å². The van der Waals surface area contributed by atoms with Crippen LogP contribution in [-0.2, 0) is 16.6 Å². The van der Waals surface area contributed by atoms with Crippen molar-refractivity contribution in [2.75, 3.05) is 5.32 Å². The molecule has 0 aliphatic carbocycles. The van der Waals surface area contributed by atoms with Crippen molar-refractivity contribution >= 4 is 48.7 Å². The SMILES string of the molecule is Cc1csc2nc(-c3ccccn3)nc(NCc3ccc(S(N)(=O)=O)s3)c12. The number of hydrogen-bond acceptors (Lipinski definition) is 8. The minimum atomic E-state index is -3.68. The zero-order valence-electron chi connectivity index (χ0n) is 14.2. The number of sulfonamides is 1. The van der Waals surface area contributed by atoms with E-state index in [1.165, 1.54) is 6.07 Å². The van der Waals surface area contributed by atoms with Gasteiger partial charge in [-0.2, -0.15) is 0 Å². The smallest absolute Gasteiger partial charge is 0.247 e. The standard InChI is InChI=1S/C17H15N5O2S3/c1-10-9-25-17-14(10)16(21-15(22-17)12-4-2-3-7-19-12)20-8-11-5-6-13(26-11)27(18,23)24/h2-7,9H,8H2,1H3,(H2,18,23,24)(H,20,21,22). The van der Waals surface area contributed by atoms with Gasteiger partial charge in [-0.15, -0.1) is 22.7 Å². The number of hydrogen-bond donors (Lipinski definition) is 2. The lowest BCUT2D eigenvalue weighted by Gasteiger charge is -2.09. The van der Waals surface area contributed by atoms with Gasteiger partial charge < -0.3 is 5.32 Å². The molecule has 4 heterocycles. The Labute approximate surface area is 164 Å². The molecule has 0 aliphatic heterocycles. The summed E-state index contributed by atoms with van der Waals surface area (Å²) in [4.78, 5) is 15.3. The van der Waals surface area contributed by atoms with Crippen LogP contribution in [0.2, 0.25) is 0 Å². The third-order valence-electron chi connectivity index (χ3n) is 3.86. The first-order valence-corrected chi connectivity index (χ1v) is 11.2. The van der Waals surface area contributed by atoms with Gasteiger partial charge in [-0.05, 0) is 42.1 Å². The van der Waals surface area contributed by atoms with E-state index in [9.17, 15) is 8.42 Å². The summed E-state index contributed by atoms with van der Waals surface area (Å²) in [5.74, 6) is 1.24. The molecular formula is C17H15N5O2S3. The first-order valence-electron chi connectivity index (χ1n) is 7.94. The Morgan fingerprint density at radius 3 is 2.74 bits per heavy atom. The van der Waals surface area contributed by atoms with Crippen LogP contribution in [0.3, 0.4) is 0 Å². The second-order valence-electron chi connectivity index (χ2n) is 5.83. The number of rotatable bonds is 5. The predicted octanol–water partition coefficient (Wildman–Crippen LogP) is 3.38. The number of thiophene rings is 2.